The Morgan fingerprint density at radius 1 is 1.41 bits per heavy atom. The van der Waals surface area contributed by atoms with E-state index in [1.807, 2.05) is 18.2 Å². The second kappa shape index (κ2) is 3.93. The molecule has 3 N–H and O–H groups in total. The third kappa shape index (κ3) is 1.87. The molecule has 3 rings (SSSR count). The maximum absolute atomic E-state index is 11.9. The average Bonchev–Trinajstić information content (AvgIpc) is 2.97. The Labute approximate surface area is 98.3 Å². The van der Waals surface area contributed by atoms with Crippen LogP contribution in [-0.2, 0) is 6.42 Å². The molecule has 5 heteroatoms. The van der Waals surface area contributed by atoms with Crippen molar-refractivity contribution in [1.82, 2.24) is 9.97 Å². The molecule has 0 spiro atoms. The van der Waals surface area contributed by atoms with Crippen LogP contribution in [0.2, 0.25) is 0 Å². The van der Waals surface area contributed by atoms with Gasteiger partial charge in [0.25, 0.3) is 5.91 Å². The number of rotatable bonds is 2. The van der Waals surface area contributed by atoms with Gasteiger partial charge in [-0.2, -0.15) is 0 Å². The Bertz CT molecular complexity index is 548. The van der Waals surface area contributed by atoms with Gasteiger partial charge in [0.15, 0.2) is 0 Å². The fourth-order valence-electron chi connectivity index (χ4n) is 1.95. The van der Waals surface area contributed by atoms with E-state index in [1.54, 1.807) is 12.4 Å². The van der Waals surface area contributed by atoms with E-state index in [9.17, 15) is 4.79 Å². The van der Waals surface area contributed by atoms with Gasteiger partial charge in [0.05, 0.1) is 0 Å². The molecule has 0 fully saturated rings. The van der Waals surface area contributed by atoms with Crippen molar-refractivity contribution in [3.63, 3.8) is 0 Å². The molecule has 1 aliphatic heterocycles. The smallest absolute Gasteiger partial charge is 0.258 e. The van der Waals surface area contributed by atoms with E-state index in [-0.39, 0.29) is 5.91 Å². The number of aromatic amines is 1. The summed E-state index contributed by atoms with van der Waals surface area (Å²) in [7, 11) is 0. The minimum absolute atomic E-state index is 0.156. The molecule has 86 valence electrons. The number of nitrogens with zero attached hydrogens (tertiary/aromatic N) is 1. The lowest BCUT2D eigenvalue weighted by Gasteiger charge is -2.04. The van der Waals surface area contributed by atoms with Crippen molar-refractivity contribution in [2.24, 2.45) is 0 Å². The summed E-state index contributed by atoms with van der Waals surface area (Å²) in [6.45, 7) is 0.943. The highest BCUT2D eigenvalue weighted by molar-refractivity contribution is 6.04. The van der Waals surface area contributed by atoms with E-state index in [2.05, 4.69) is 20.6 Å². The normalized spacial score (nSPS) is 12.9. The Balaban J connectivity index is 1.82. The van der Waals surface area contributed by atoms with Crippen molar-refractivity contribution >= 4 is 17.5 Å². The molecule has 1 aromatic carbocycles. The molecule has 5 nitrogen and oxygen atoms in total. The van der Waals surface area contributed by atoms with Gasteiger partial charge in [-0.1, -0.05) is 6.07 Å². The van der Waals surface area contributed by atoms with Crippen molar-refractivity contribution < 1.29 is 4.79 Å². The number of fused-ring (bicyclic) bond motifs is 1. The number of benzene rings is 1. The molecule has 2 heterocycles. The first-order valence-electron chi connectivity index (χ1n) is 5.50. The lowest BCUT2D eigenvalue weighted by Crippen LogP contribution is -2.13. The second-order valence-electron chi connectivity index (χ2n) is 3.94. The third-order valence-corrected chi connectivity index (χ3v) is 2.81. The number of hydrogen-bond donors (Lipinski definition) is 3. The van der Waals surface area contributed by atoms with Crippen LogP contribution >= 0.6 is 0 Å². The van der Waals surface area contributed by atoms with Gasteiger partial charge in [-0.3, -0.25) is 10.1 Å². The number of amides is 1. The van der Waals surface area contributed by atoms with E-state index in [4.69, 9.17) is 0 Å². The van der Waals surface area contributed by atoms with Gasteiger partial charge < -0.3 is 10.3 Å². The first-order chi connectivity index (χ1) is 8.33. The Hall–Kier alpha value is -2.30. The molecular formula is C12H12N4O. The van der Waals surface area contributed by atoms with E-state index in [0.29, 0.717) is 11.5 Å². The number of carbonyl (C=O) groups excluding carboxylic acids is 1. The summed E-state index contributed by atoms with van der Waals surface area (Å²) in [5.41, 5.74) is 2.95. The number of H-pyrrole nitrogens is 1. The number of aromatic nitrogens is 2. The second-order valence-corrected chi connectivity index (χ2v) is 3.94. The van der Waals surface area contributed by atoms with E-state index in [0.717, 1.165) is 18.7 Å². The molecule has 17 heavy (non-hydrogen) atoms. The molecule has 0 unspecified atom stereocenters. The van der Waals surface area contributed by atoms with Gasteiger partial charge in [-0.25, -0.2) is 4.98 Å². The highest BCUT2D eigenvalue weighted by atomic mass is 16.1. The maximum Gasteiger partial charge on any atom is 0.258 e. The van der Waals surface area contributed by atoms with Crippen molar-refractivity contribution in [2.75, 3.05) is 17.2 Å². The molecule has 2 aromatic rings. The monoisotopic (exact) mass is 228 g/mol. The zero-order valence-corrected chi connectivity index (χ0v) is 9.16. The topological polar surface area (TPSA) is 69.8 Å². The summed E-state index contributed by atoms with van der Waals surface area (Å²) >= 11 is 0. The van der Waals surface area contributed by atoms with Gasteiger partial charge in [0.1, 0.15) is 0 Å². The van der Waals surface area contributed by atoms with Crippen LogP contribution in [0.5, 0.6) is 0 Å². The lowest BCUT2D eigenvalue weighted by atomic mass is 10.1. The number of hydrogen-bond acceptors (Lipinski definition) is 3. The van der Waals surface area contributed by atoms with E-state index >= 15 is 0 Å². The number of anilines is 2. The Morgan fingerprint density at radius 2 is 2.35 bits per heavy atom. The van der Waals surface area contributed by atoms with Crippen LogP contribution in [0.1, 0.15) is 15.9 Å². The van der Waals surface area contributed by atoms with Crippen molar-refractivity contribution in [1.29, 1.82) is 0 Å². The minimum Gasteiger partial charge on any atom is -0.384 e. The minimum atomic E-state index is -0.156. The number of nitrogens with one attached hydrogen (secondary N) is 3. The zero-order valence-electron chi connectivity index (χ0n) is 9.16. The molecule has 1 amide bonds. The largest absolute Gasteiger partial charge is 0.384 e. The van der Waals surface area contributed by atoms with Crippen molar-refractivity contribution in [2.45, 2.75) is 6.42 Å². The Kier molecular flexibility index (Phi) is 2.29. The summed E-state index contributed by atoms with van der Waals surface area (Å²) in [5, 5.41) is 5.95. The predicted molar refractivity (Wildman–Crippen MR) is 65.2 cm³/mol. The molecule has 0 atom stereocenters. The quantitative estimate of drug-likeness (QED) is 0.731. The molecule has 1 aliphatic rings. The first kappa shape index (κ1) is 9.89. The van der Waals surface area contributed by atoms with Crippen LogP contribution in [-0.4, -0.2) is 22.4 Å². The Morgan fingerprint density at radius 3 is 3.18 bits per heavy atom. The third-order valence-electron chi connectivity index (χ3n) is 2.81. The molecule has 1 aromatic heterocycles. The standard InChI is InChI=1S/C12H12N4O/c17-11(16-12-14-5-6-15-12)9-2-1-8-3-4-13-10(8)7-9/h1-2,5-7,13H,3-4H2,(H2,14,15,16,17). The first-order valence-corrected chi connectivity index (χ1v) is 5.50. The van der Waals surface area contributed by atoms with Crippen molar-refractivity contribution in [3.8, 4) is 0 Å². The fourth-order valence-corrected chi connectivity index (χ4v) is 1.95. The lowest BCUT2D eigenvalue weighted by molar-refractivity contribution is 0.102. The highest BCUT2D eigenvalue weighted by Crippen LogP contribution is 2.23. The number of imidazole rings is 1. The molecule has 0 bridgehead atoms. The van der Waals surface area contributed by atoms with Crippen LogP contribution in [0.25, 0.3) is 0 Å². The van der Waals surface area contributed by atoms with Crippen LogP contribution < -0.4 is 10.6 Å². The summed E-state index contributed by atoms with van der Waals surface area (Å²) in [6, 6.07) is 5.71. The van der Waals surface area contributed by atoms with Gasteiger partial charge >= 0.3 is 0 Å². The van der Waals surface area contributed by atoms with Gasteiger partial charge in [-0.05, 0) is 24.1 Å². The number of carbonyl (C=O) groups is 1. The zero-order chi connectivity index (χ0) is 11.7. The van der Waals surface area contributed by atoms with Crippen LogP contribution in [0.3, 0.4) is 0 Å². The van der Waals surface area contributed by atoms with Gasteiger partial charge in [0.2, 0.25) is 5.95 Å². The van der Waals surface area contributed by atoms with Gasteiger partial charge in [-0.15, -0.1) is 0 Å². The molecule has 0 saturated carbocycles. The maximum atomic E-state index is 11.9. The summed E-state index contributed by atoms with van der Waals surface area (Å²) in [6.07, 6.45) is 4.29. The molecule has 0 saturated heterocycles. The van der Waals surface area contributed by atoms with Crippen molar-refractivity contribution in [3.05, 3.63) is 41.7 Å². The highest BCUT2D eigenvalue weighted by Gasteiger charge is 2.13. The predicted octanol–water partition coefficient (Wildman–Crippen LogP) is 1.63. The molecule has 0 radical (unpaired) electrons. The van der Waals surface area contributed by atoms with Crippen LogP contribution in [0.4, 0.5) is 11.6 Å². The summed E-state index contributed by atoms with van der Waals surface area (Å²) < 4.78 is 0. The molecule has 0 aliphatic carbocycles. The SMILES string of the molecule is O=C(Nc1ncc[nH]1)c1ccc2c(c1)NCC2. The van der Waals surface area contributed by atoms with Crippen LogP contribution in [0.15, 0.2) is 30.6 Å². The molecular weight excluding hydrogens is 216 g/mol. The van der Waals surface area contributed by atoms with E-state index < -0.39 is 0 Å². The fraction of sp³-hybridized carbons (Fsp3) is 0.167. The summed E-state index contributed by atoms with van der Waals surface area (Å²) in [4.78, 5) is 18.7. The van der Waals surface area contributed by atoms with Crippen LogP contribution in [0, 0.1) is 0 Å². The van der Waals surface area contributed by atoms with Gasteiger partial charge in [0, 0.05) is 30.2 Å². The average molecular weight is 228 g/mol. The summed E-state index contributed by atoms with van der Waals surface area (Å²) in [5.74, 6) is 0.305. The van der Waals surface area contributed by atoms with E-state index in [1.165, 1.54) is 5.56 Å².